The van der Waals surface area contributed by atoms with Crippen molar-refractivity contribution in [3.63, 3.8) is 0 Å². The fourth-order valence-corrected chi connectivity index (χ4v) is 3.30. The SMILES string of the molecule is O=C(NC1CCCC2OCCC12)c1ccnc(C(=O)O)c1. The third-order valence-electron chi connectivity index (χ3n) is 4.34. The minimum Gasteiger partial charge on any atom is -0.477 e. The van der Waals surface area contributed by atoms with Crippen molar-refractivity contribution in [2.24, 2.45) is 5.92 Å². The van der Waals surface area contributed by atoms with Crippen molar-refractivity contribution in [3.8, 4) is 0 Å². The van der Waals surface area contributed by atoms with E-state index in [1.54, 1.807) is 0 Å². The predicted molar refractivity (Wildman–Crippen MR) is 74.1 cm³/mol. The first kappa shape index (κ1) is 14.0. The van der Waals surface area contributed by atoms with Gasteiger partial charge in [0.15, 0.2) is 0 Å². The summed E-state index contributed by atoms with van der Waals surface area (Å²) in [5.41, 5.74) is 0.219. The number of rotatable bonds is 3. The minimum absolute atomic E-state index is 0.111. The fourth-order valence-electron chi connectivity index (χ4n) is 3.30. The van der Waals surface area contributed by atoms with Gasteiger partial charge in [-0.25, -0.2) is 9.78 Å². The highest BCUT2D eigenvalue weighted by Gasteiger charge is 2.38. The topological polar surface area (TPSA) is 88.5 Å². The van der Waals surface area contributed by atoms with Crippen LogP contribution in [0.3, 0.4) is 0 Å². The number of carbonyl (C=O) groups excluding carboxylic acids is 1. The molecule has 1 aromatic rings. The molecule has 3 rings (SSSR count). The molecule has 0 aromatic carbocycles. The summed E-state index contributed by atoms with van der Waals surface area (Å²) in [5.74, 6) is -0.993. The minimum atomic E-state index is -1.13. The van der Waals surface area contributed by atoms with Gasteiger partial charge in [-0.3, -0.25) is 4.79 Å². The molecule has 2 N–H and O–H groups in total. The molecule has 1 aliphatic heterocycles. The maximum Gasteiger partial charge on any atom is 0.354 e. The van der Waals surface area contributed by atoms with E-state index in [2.05, 4.69) is 10.3 Å². The Labute approximate surface area is 122 Å². The van der Waals surface area contributed by atoms with Crippen molar-refractivity contribution < 1.29 is 19.4 Å². The summed E-state index contributed by atoms with van der Waals surface area (Å²) >= 11 is 0. The zero-order chi connectivity index (χ0) is 14.8. The lowest BCUT2D eigenvalue weighted by Crippen LogP contribution is -2.45. The molecule has 1 aromatic heterocycles. The van der Waals surface area contributed by atoms with Gasteiger partial charge in [0, 0.05) is 30.3 Å². The van der Waals surface area contributed by atoms with Crippen molar-refractivity contribution in [1.82, 2.24) is 10.3 Å². The number of carboxylic acids is 1. The second-order valence-electron chi connectivity index (χ2n) is 5.61. The monoisotopic (exact) mass is 290 g/mol. The molecule has 3 atom stereocenters. The van der Waals surface area contributed by atoms with Crippen LogP contribution in [-0.4, -0.2) is 40.7 Å². The number of carbonyl (C=O) groups is 2. The van der Waals surface area contributed by atoms with Gasteiger partial charge in [-0.15, -0.1) is 0 Å². The third kappa shape index (κ3) is 2.90. The molecule has 1 saturated heterocycles. The van der Waals surface area contributed by atoms with Crippen LogP contribution in [-0.2, 0) is 4.74 Å². The maximum atomic E-state index is 12.3. The first-order valence-electron chi connectivity index (χ1n) is 7.27. The number of hydrogen-bond donors (Lipinski definition) is 2. The molecule has 21 heavy (non-hydrogen) atoms. The molecule has 1 saturated carbocycles. The van der Waals surface area contributed by atoms with E-state index in [0.717, 1.165) is 32.3 Å². The van der Waals surface area contributed by atoms with E-state index in [9.17, 15) is 9.59 Å². The van der Waals surface area contributed by atoms with E-state index in [0.29, 0.717) is 11.5 Å². The highest BCUT2D eigenvalue weighted by molar-refractivity contribution is 5.96. The second kappa shape index (κ2) is 5.81. The summed E-state index contributed by atoms with van der Waals surface area (Å²) in [6.45, 7) is 0.764. The number of aromatic carboxylic acids is 1. The van der Waals surface area contributed by atoms with Crippen LogP contribution in [0.4, 0.5) is 0 Å². The Morgan fingerprint density at radius 3 is 3.00 bits per heavy atom. The standard InChI is InChI=1S/C15H18N2O4/c18-14(9-4-6-16-12(8-9)15(19)20)17-11-2-1-3-13-10(11)5-7-21-13/h4,6,8,10-11,13H,1-3,5,7H2,(H,17,18)(H,19,20). The van der Waals surface area contributed by atoms with Gasteiger partial charge in [-0.1, -0.05) is 0 Å². The lowest BCUT2D eigenvalue weighted by atomic mass is 9.81. The van der Waals surface area contributed by atoms with E-state index in [1.807, 2.05) is 0 Å². The Balaban J connectivity index is 1.71. The number of nitrogens with zero attached hydrogens (tertiary/aromatic N) is 1. The lowest BCUT2D eigenvalue weighted by Gasteiger charge is -2.33. The quantitative estimate of drug-likeness (QED) is 0.880. The number of fused-ring (bicyclic) bond motifs is 1. The molecule has 6 heteroatoms. The summed E-state index contributed by atoms with van der Waals surface area (Å²) in [6.07, 6.45) is 5.65. The van der Waals surface area contributed by atoms with Gasteiger partial charge in [0.25, 0.3) is 5.91 Å². The van der Waals surface area contributed by atoms with Crippen molar-refractivity contribution in [3.05, 3.63) is 29.6 Å². The highest BCUT2D eigenvalue weighted by atomic mass is 16.5. The van der Waals surface area contributed by atoms with Crippen LogP contribution < -0.4 is 5.32 Å². The summed E-state index contributed by atoms with van der Waals surface area (Å²) in [7, 11) is 0. The molecule has 0 spiro atoms. The molecule has 3 unspecified atom stereocenters. The van der Waals surface area contributed by atoms with Crippen molar-refractivity contribution >= 4 is 11.9 Å². The number of pyridine rings is 1. The second-order valence-corrected chi connectivity index (χ2v) is 5.61. The Bertz CT molecular complexity index is 560. The number of nitrogens with one attached hydrogen (secondary N) is 1. The molecular formula is C15H18N2O4. The molecule has 0 radical (unpaired) electrons. The molecular weight excluding hydrogens is 272 g/mol. The highest BCUT2D eigenvalue weighted by Crippen LogP contribution is 2.34. The molecule has 0 bridgehead atoms. The average Bonchev–Trinajstić information content (AvgIpc) is 2.97. The molecule has 6 nitrogen and oxygen atoms in total. The van der Waals surface area contributed by atoms with E-state index < -0.39 is 5.97 Å². The zero-order valence-electron chi connectivity index (χ0n) is 11.6. The lowest BCUT2D eigenvalue weighted by molar-refractivity contribution is 0.0510. The summed E-state index contributed by atoms with van der Waals surface area (Å²) in [5, 5.41) is 12.0. The number of amides is 1. The van der Waals surface area contributed by atoms with Gasteiger partial charge in [0.1, 0.15) is 5.69 Å². The van der Waals surface area contributed by atoms with Crippen molar-refractivity contribution in [2.75, 3.05) is 6.61 Å². The van der Waals surface area contributed by atoms with Gasteiger partial charge in [0.2, 0.25) is 0 Å². The smallest absolute Gasteiger partial charge is 0.354 e. The average molecular weight is 290 g/mol. The third-order valence-corrected chi connectivity index (χ3v) is 4.34. The first-order valence-corrected chi connectivity index (χ1v) is 7.27. The number of ether oxygens (including phenoxy) is 1. The van der Waals surface area contributed by atoms with Crippen molar-refractivity contribution in [1.29, 1.82) is 0 Å². The van der Waals surface area contributed by atoms with Crippen LogP contribution in [0.25, 0.3) is 0 Å². The van der Waals surface area contributed by atoms with Crippen molar-refractivity contribution in [2.45, 2.75) is 37.8 Å². The van der Waals surface area contributed by atoms with Gasteiger partial charge in [0.05, 0.1) is 6.10 Å². The normalized spacial score (nSPS) is 27.9. The molecule has 1 aliphatic carbocycles. The van der Waals surface area contributed by atoms with E-state index in [-0.39, 0.29) is 23.7 Å². The number of aromatic nitrogens is 1. The van der Waals surface area contributed by atoms with Crippen LogP contribution in [0, 0.1) is 5.92 Å². The Morgan fingerprint density at radius 2 is 2.19 bits per heavy atom. The van der Waals surface area contributed by atoms with E-state index in [1.165, 1.54) is 18.3 Å². The first-order chi connectivity index (χ1) is 10.1. The van der Waals surface area contributed by atoms with Crippen LogP contribution in [0.1, 0.15) is 46.5 Å². The number of hydrogen-bond acceptors (Lipinski definition) is 4. The van der Waals surface area contributed by atoms with Gasteiger partial charge in [-0.2, -0.15) is 0 Å². The summed E-state index contributed by atoms with van der Waals surface area (Å²) in [6, 6.07) is 2.95. The molecule has 2 fully saturated rings. The van der Waals surface area contributed by atoms with Crippen LogP contribution >= 0.6 is 0 Å². The summed E-state index contributed by atoms with van der Waals surface area (Å²) < 4.78 is 5.69. The van der Waals surface area contributed by atoms with Gasteiger partial charge >= 0.3 is 5.97 Å². The zero-order valence-corrected chi connectivity index (χ0v) is 11.6. The van der Waals surface area contributed by atoms with Crippen LogP contribution in [0.5, 0.6) is 0 Å². The van der Waals surface area contributed by atoms with Crippen LogP contribution in [0.15, 0.2) is 18.3 Å². The maximum absolute atomic E-state index is 12.3. The van der Waals surface area contributed by atoms with Crippen LogP contribution in [0.2, 0.25) is 0 Å². The Kier molecular flexibility index (Phi) is 3.88. The summed E-state index contributed by atoms with van der Waals surface area (Å²) in [4.78, 5) is 26.9. The molecule has 1 amide bonds. The molecule has 2 heterocycles. The number of carboxylic acid groups (broad SMARTS) is 1. The fraction of sp³-hybridized carbons (Fsp3) is 0.533. The van der Waals surface area contributed by atoms with E-state index >= 15 is 0 Å². The van der Waals surface area contributed by atoms with Gasteiger partial charge < -0.3 is 15.2 Å². The van der Waals surface area contributed by atoms with E-state index in [4.69, 9.17) is 9.84 Å². The largest absolute Gasteiger partial charge is 0.477 e. The molecule has 112 valence electrons. The Hall–Kier alpha value is -1.95. The Morgan fingerprint density at radius 1 is 1.33 bits per heavy atom. The predicted octanol–water partition coefficient (Wildman–Crippen LogP) is 1.47. The van der Waals surface area contributed by atoms with Gasteiger partial charge in [-0.05, 0) is 37.8 Å². The molecule has 2 aliphatic rings.